The maximum absolute atomic E-state index is 8.26. The Labute approximate surface area is 80.5 Å². The van der Waals surface area contributed by atoms with Crippen molar-refractivity contribution in [2.45, 2.75) is 26.9 Å². The van der Waals surface area contributed by atoms with E-state index in [9.17, 15) is 0 Å². The maximum atomic E-state index is 8.26. The average molecular weight is 194 g/mol. The monoisotopic (exact) mass is 194 g/mol. The summed E-state index contributed by atoms with van der Waals surface area (Å²) in [6.45, 7) is 7.80. The van der Waals surface area contributed by atoms with E-state index in [1.165, 1.54) is 0 Å². The number of ether oxygens (including phenoxy) is 2. The molecule has 0 bridgehead atoms. The molecule has 0 unspecified atom stereocenters. The molecule has 4 heteroatoms. The van der Waals surface area contributed by atoms with Gasteiger partial charge >= 0.3 is 0 Å². The van der Waals surface area contributed by atoms with Crippen LogP contribution in [-0.4, -0.2) is 49.4 Å². The molecule has 0 spiro atoms. The van der Waals surface area contributed by atoms with E-state index >= 15 is 0 Å². The SMILES string of the molecule is CC(C)O.CCOCCOCCO. The first kappa shape index (κ1) is 15.3. The topological polar surface area (TPSA) is 58.9 Å². The lowest BCUT2D eigenvalue weighted by atomic mass is 10.5. The Balaban J connectivity index is 0. The van der Waals surface area contributed by atoms with Gasteiger partial charge in [-0.25, -0.2) is 0 Å². The van der Waals surface area contributed by atoms with Gasteiger partial charge in [-0.3, -0.25) is 0 Å². The quantitative estimate of drug-likeness (QED) is 0.602. The Morgan fingerprint density at radius 1 is 1.08 bits per heavy atom. The summed E-state index contributed by atoms with van der Waals surface area (Å²) in [7, 11) is 0. The smallest absolute Gasteiger partial charge is 0.0701 e. The Bertz CT molecular complexity index is 67.3. The van der Waals surface area contributed by atoms with Crippen molar-refractivity contribution in [3.8, 4) is 0 Å². The van der Waals surface area contributed by atoms with Gasteiger partial charge in [0.05, 0.1) is 26.4 Å². The molecule has 0 saturated carbocycles. The third-order valence-corrected chi connectivity index (χ3v) is 0.812. The summed E-state index contributed by atoms with van der Waals surface area (Å²) in [6, 6.07) is 0. The van der Waals surface area contributed by atoms with Crippen LogP contribution in [0.15, 0.2) is 0 Å². The van der Waals surface area contributed by atoms with Crippen molar-refractivity contribution < 1.29 is 19.7 Å². The van der Waals surface area contributed by atoms with E-state index in [-0.39, 0.29) is 12.7 Å². The summed E-state index contributed by atoms with van der Waals surface area (Å²) in [5, 5.41) is 16.3. The van der Waals surface area contributed by atoms with E-state index in [1.54, 1.807) is 13.8 Å². The molecule has 2 N–H and O–H groups in total. The number of rotatable bonds is 6. The minimum absolute atomic E-state index is 0.0894. The van der Waals surface area contributed by atoms with Crippen molar-refractivity contribution >= 4 is 0 Å². The number of aliphatic hydroxyl groups excluding tert-OH is 2. The molecule has 0 amide bonds. The van der Waals surface area contributed by atoms with Crippen molar-refractivity contribution in [3.63, 3.8) is 0 Å². The fourth-order valence-electron chi connectivity index (χ4n) is 0.429. The Kier molecular flexibility index (Phi) is 16.9. The van der Waals surface area contributed by atoms with Crippen LogP contribution in [0.1, 0.15) is 20.8 Å². The first-order valence-electron chi connectivity index (χ1n) is 4.59. The van der Waals surface area contributed by atoms with Crippen molar-refractivity contribution in [3.05, 3.63) is 0 Å². The molecule has 0 radical (unpaired) electrons. The van der Waals surface area contributed by atoms with Crippen LogP contribution in [0.2, 0.25) is 0 Å². The molecular formula is C9H22O4. The highest BCUT2D eigenvalue weighted by Gasteiger charge is 1.84. The maximum Gasteiger partial charge on any atom is 0.0701 e. The van der Waals surface area contributed by atoms with Crippen molar-refractivity contribution in [1.82, 2.24) is 0 Å². The van der Waals surface area contributed by atoms with Crippen LogP contribution < -0.4 is 0 Å². The second-order valence-corrected chi connectivity index (χ2v) is 2.63. The molecule has 0 aliphatic rings. The van der Waals surface area contributed by atoms with Gasteiger partial charge < -0.3 is 19.7 Å². The second-order valence-electron chi connectivity index (χ2n) is 2.63. The van der Waals surface area contributed by atoms with Gasteiger partial charge in [0.1, 0.15) is 0 Å². The minimum atomic E-state index is -0.167. The molecule has 0 aliphatic carbocycles. The summed E-state index contributed by atoms with van der Waals surface area (Å²) in [6.07, 6.45) is -0.167. The molecule has 13 heavy (non-hydrogen) atoms. The molecule has 0 atom stereocenters. The van der Waals surface area contributed by atoms with E-state index in [0.29, 0.717) is 19.8 Å². The number of hydrogen-bond acceptors (Lipinski definition) is 4. The predicted molar refractivity (Wildman–Crippen MR) is 51.8 cm³/mol. The highest BCUT2D eigenvalue weighted by molar-refractivity contribution is 4.28. The lowest BCUT2D eigenvalue weighted by Crippen LogP contribution is -2.06. The zero-order chi connectivity index (χ0) is 10.5. The largest absolute Gasteiger partial charge is 0.394 e. The fraction of sp³-hybridized carbons (Fsp3) is 1.00. The van der Waals surface area contributed by atoms with Crippen LogP contribution >= 0.6 is 0 Å². The highest BCUT2D eigenvalue weighted by atomic mass is 16.5. The van der Waals surface area contributed by atoms with Crippen LogP contribution in [0.25, 0.3) is 0 Å². The summed E-state index contributed by atoms with van der Waals surface area (Å²) in [5.74, 6) is 0. The summed E-state index contributed by atoms with van der Waals surface area (Å²) in [4.78, 5) is 0. The van der Waals surface area contributed by atoms with Gasteiger partial charge in [0.25, 0.3) is 0 Å². The van der Waals surface area contributed by atoms with Crippen molar-refractivity contribution in [2.75, 3.05) is 33.0 Å². The van der Waals surface area contributed by atoms with Crippen molar-refractivity contribution in [2.24, 2.45) is 0 Å². The highest BCUT2D eigenvalue weighted by Crippen LogP contribution is 1.76. The normalized spacial score (nSPS) is 9.69. The number of aliphatic hydroxyl groups is 2. The molecule has 0 aromatic carbocycles. The average Bonchev–Trinajstić information content (AvgIpc) is 2.03. The van der Waals surface area contributed by atoms with E-state index in [1.807, 2.05) is 6.92 Å². The first-order chi connectivity index (χ1) is 6.15. The lowest BCUT2D eigenvalue weighted by molar-refractivity contribution is 0.0370. The van der Waals surface area contributed by atoms with E-state index in [2.05, 4.69) is 0 Å². The standard InChI is InChI=1S/C6H14O3.C3H8O/c1-2-8-5-6-9-4-3-7;1-3(2)4/h7H,2-6H2,1H3;3-4H,1-2H3. The number of hydrogen-bond donors (Lipinski definition) is 2. The van der Waals surface area contributed by atoms with Gasteiger partial charge in [-0.05, 0) is 20.8 Å². The summed E-state index contributed by atoms with van der Waals surface area (Å²) < 4.78 is 9.88. The Morgan fingerprint density at radius 2 is 1.54 bits per heavy atom. The molecule has 0 saturated heterocycles. The molecule has 82 valence electrons. The van der Waals surface area contributed by atoms with Crippen LogP contribution in [0.3, 0.4) is 0 Å². The van der Waals surface area contributed by atoms with Crippen molar-refractivity contribution in [1.29, 1.82) is 0 Å². The van der Waals surface area contributed by atoms with E-state index < -0.39 is 0 Å². The third-order valence-electron chi connectivity index (χ3n) is 0.812. The van der Waals surface area contributed by atoms with Crippen LogP contribution in [-0.2, 0) is 9.47 Å². The molecule has 0 fully saturated rings. The summed E-state index contributed by atoms with van der Waals surface area (Å²) in [5.41, 5.74) is 0. The van der Waals surface area contributed by atoms with Gasteiger partial charge in [-0.1, -0.05) is 0 Å². The lowest BCUT2D eigenvalue weighted by Gasteiger charge is -2.00. The predicted octanol–water partition coefficient (Wildman–Crippen LogP) is 0.419. The molecule has 0 aliphatic heterocycles. The minimum Gasteiger partial charge on any atom is -0.394 e. The van der Waals surface area contributed by atoms with Gasteiger partial charge in [0.2, 0.25) is 0 Å². The van der Waals surface area contributed by atoms with Crippen LogP contribution in [0.4, 0.5) is 0 Å². The van der Waals surface area contributed by atoms with Gasteiger partial charge in [-0.15, -0.1) is 0 Å². The van der Waals surface area contributed by atoms with Gasteiger partial charge in [-0.2, -0.15) is 0 Å². The second kappa shape index (κ2) is 14.4. The van der Waals surface area contributed by atoms with E-state index in [0.717, 1.165) is 6.61 Å². The van der Waals surface area contributed by atoms with Gasteiger partial charge in [0.15, 0.2) is 0 Å². The molecule has 0 aromatic rings. The molecule has 0 rings (SSSR count). The van der Waals surface area contributed by atoms with Gasteiger partial charge in [0, 0.05) is 12.7 Å². The molecule has 0 aromatic heterocycles. The van der Waals surface area contributed by atoms with Crippen LogP contribution in [0, 0.1) is 0 Å². The Hall–Kier alpha value is -0.160. The molecule has 4 nitrogen and oxygen atoms in total. The zero-order valence-corrected chi connectivity index (χ0v) is 8.82. The fourth-order valence-corrected chi connectivity index (χ4v) is 0.429. The third kappa shape index (κ3) is 33.6. The molecular weight excluding hydrogens is 172 g/mol. The molecule has 0 heterocycles. The Morgan fingerprint density at radius 3 is 1.92 bits per heavy atom. The van der Waals surface area contributed by atoms with Crippen LogP contribution in [0.5, 0.6) is 0 Å². The van der Waals surface area contributed by atoms with E-state index in [4.69, 9.17) is 19.7 Å². The summed E-state index contributed by atoms with van der Waals surface area (Å²) >= 11 is 0. The zero-order valence-electron chi connectivity index (χ0n) is 8.82. The first-order valence-corrected chi connectivity index (χ1v) is 4.59.